The van der Waals surface area contributed by atoms with E-state index in [9.17, 15) is 4.79 Å². The van der Waals surface area contributed by atoms with Crippen LogP contribution in [-0.4, -0.2) is 55.7 Å². The van der Waals surface area contributed by atoms with Gasteiger partial charge in [-0.25, -0.2) is 0 Å². The number of hydrogen-bond donors (Lipinski definition) is 2. The summed E-state index contributed by atoms with van der Waals surface area (Å²) < 4.78 is 11.5. The zero-order valence-corrected chi connectivity index (χ0v) is 23.8. The number of halogens is 2. The van der Waals surface area contributed by atoms with Crippen molar-refractivity contribution in [1.29, 1.82) is 0 Å². The molecule has 2 N–H and O–H groups in total. The van der Waals surface area contributed by atoms with Gasteiger partial charge < -0.3 is 25.0 Å². The van der Waals surface area contributed by atoms with Crippen LogP contribution >= 0.6 is 24.8 Å². The average Bonchev–Trinajstić information content (AvgIpc) is 2.73. The number of nitrogens with one attached hydrogen (secondary N) is 2. The van der Waals surface area contributed by atoms with E-state index in [0.29, 0.717) is 18.1 Å². The Labute approximate surface area is 220 Å². The second-order valence-electron chi connectivity index (χ2n) is 9.38. The third kappa shape index (κ3) is 16.4. The predicted molar refractivity (Wildman–Crippen MR) is 148 cm³/mol. The lowest BCUT2D eigenvalue weighted by Gasteiger charge is -2.22. The molecule has 0 aliphatic rings. The number of hydrogen-bond acceptors (Lipinski definition) is 5. The number of nitrogens with zero attached hydrogens (tertiary/aromatic N) is 1. The minimum atomic E-state index is -0.276. The first-order chi connectivity index (χ1) is 15.3. The number of rotatable bonds is 17. The molecular formula is C26H49Cl2N3O3. The van der Waals surface area contributed by atoms with Gasteiger partial charge in [0.25, 0.3) is 5.91 Å². The van der Waals surface area contributed by atoms with Crippen LogP contribution in [0.4, 0.5) is 0 Å². The highest BCUT2D eigenvalue weighted by Crippen LogP contribution is 2.28. The number of amides is 1. The predicted octanol–water partition coefficient (Wildman–Crippen LogP) is 5.60. The number of carbonyl (C=O) groups excluding carboxylic acids is 1. The Bertz CT molecular complexity index is 647. The first kappa shape index (κ1) is 35.0. The maximum Gasteiger partial charge on any atom is 0.258 e. The Morgan fingerprint density at radius 1 is 0.912 bits per heavy atom. The van der Waals surface area contributed by atoms with E-state index in [2.05, 4.69) is 29.4 Å². The highest BCUT2D eigenvalue weighted by Gasteiger charge is 2.15. The molecule has 0 spiro atoms. The second-order valence-corrected chi connectivity index (χ2v) is 9.38. The van der Waals surface area contributed by atoms with Crippen molar-refractivity contribution in [3.8, 4) is 11.5 Å². The van der Waals surface area contributed by atoms with Crippen LogP contribution in [0.2, 0.25) is 0 Å². The van der Waals surface area contributed by atoms with Crippen molar-refractivity contribution in [2.24, 2.45) is 0 Å². The van der Waals surface area contributed by atoms with Crippen molar-refractivity contribution >= 4 is 30.7 Å². The van der Waals surface area contributed by atoms with Gasteiger partial charge in [-0.15, -0.1) is 24.8 Å². The van der Waals surface area contributed by atoms with Crippen LogP contribution < -0.4 is 20.1 Å². The van der Waals surface area contributed by atoms with Gasteiger partial charge in [0, 0.05) is 12.1 Å². The molecule has 0 aliphatic carbocycles. The molecule has 0 saturated heterocycles. The third-order valence-electron chi connectivity index (χ3n) is 4.99. The van der Waals surface area contributed by atoms with Crippen LogP contribution in [0.1, 0.15) is 79.2 Å². The molecular weight excluding hydrogens is 473 g/mol. The molecule has 1 rings (SSSR count). The SMILES string of the molecule is CCCCN(CCCC)CCCNCc1ccc(OCC(=O)NC(C)(C)C)c(OCC)c1.Cl.Cl. The molecule has 0 bridgehead atoms. The normalized spacial score (nSPS) is 10.9. The first-order valence-electron chi connectivity index (χ1n) is 12.4. The Morgan fingerprint density at radius 3 is 2.09 bits per heavy atom. The van der Waals surface area contributed by atoms with E-state index in [0.717, 1.165) is 31.6 Å². The fraction of sp³-hybridized carbons (Fsp3) is 0.731. The maximum atomic E-state index is 12.0. The van der Waals surface area contributed by atoms with Crippen LogP contribution in [0.3, 0.4) is 0 Å². The quantitative estimate of drug-likeness (QED) is 0.261. The highest BCUT2D eigenvalue weighted by atomic mass is 35.5. The monoisotopic (exact) mass is 521 g/mol. The van der Waals surface area contributed by atoms with E-state index < -0.39 is 0 Å². The Morgan fingerprint density at radius 2 is 1.53 bits per heavy atom. The van der Waals surface area contributed by atoms with E-state index in [1.165, 1.54) is 38.8 Å². The summed E-state index contributed by atoms with van der Waals surface area (Å²) in [5.74, 6) is 1.14. The van der Waals surface area contributed by atoms with Crippen molar-refractivity contribution in [3.05, 3.63) is 23.8 Å². The molecule has 1 aromatic carbocycles. The minimum absolute atomic E-state index is 0. The molecule has 0 radical (unpaired) electrons. The van der Waals surface area contributed by atoms with Gasteiger partial charge in [0.2, 0.25) is 0 Å². The summed E-state index contributed by atoms with van der Waals surface area (Å²) in [7, 11) is 0. The standard InChI is InChI=1S/C26H47N3O3.2ClH/c1-7-10-16-29(17-11-8-2)18-12-15-27-20-22-13-14-23(24(19-22)31-9-3)32-21-25(30)28-26(4,5)6;;/h13-14,19,27H,7-12,15-18,20-21H2,1-6H3,(H,28,30);2*1H. The summed E-state index contributed by atoms with van der Waals surface area (Å²) in [5.41, 5.74) is 0.871. The fourth-order valence-corrected chi connectivity index (χ4v) is 3.41. The van der Waals surface area contributed by atoms with Gasteiger partial charge >= 0.3 is 0 Å². The molecule has 0 atom stereocenters. The van der Waals surface area contributed by atoms with Gasteiger partial charge in [-0.2, -0.15) is 0 Å². The van der Waals surface area contributed by atoms with E-state index in [1.54, 1.807) is 0 Å². The molecule has 0 saturated carbocycles. The summed E-state index contributed by atoms with van der Waals surface area (Å²) in [5, 5.41) is 6.45. The van der Waals surface area contributed by atoms with E-state index >= 15 is 0 Å². The number of unbranched alkanes of at least 4 members (excludes halogenated alkanes) is 2. The second kappa shape index (κ2) is 20.0. The third-order valence-corrected chi connectivity index (χ3v) is 4.99. The molecule has 0 aliphatic heterocycles. The van der Waals surface area contributed by atoms with Gasteiger partial charge in [0.15, 0.2) is 18.1 Å². The van der Waals surface area contributed by atoms with Gasteiger partial charge in [-0.1, -0.05) is 32.8 Å². The van der Waals surface area contributed by atoms with Gasteiger partial charge in [-0.05, 0) is 90.8 Å². The number of benzene rings is 1. The van der Waals surface area contributed by atoms with Gasteiger partial charge in [0.1, 0.15) is 0 Å². The molecule has 0 heterocycles. The topological polar surface area (TPSA) is 62.8 Å². The van der Waals surface area contributed by atoms with Gasteiger partial charge in [0.05, 0.1) is 6.61 Å². The molecule has 1 aromatic rings. The van der Waals surface area contributed by atoms with Crippen molar-refractivity contribution in [1.82, 2.24) is 15.5 Å². The average molecular weight is 523 g/mol. The lowest BCUT2D eigenvalue weighted by Crippen LogP contribution is -2.43. The summed E-state index contributed by atoms with van der Waals surface area (Å²) in [6.45, 7) is 18.2. The van der Waals surface area contributed by atoms with E-state index in [4.69, 9.17) is 9.47 Å². The van der Waals surface area contributed by atoms with Crippen molar-refractivity contribution in [2.45, 2.75) is 85.7 Å². The number of carbonyl (C=O) groups is 1. The van der Waals surface area contributed by atoms with E-state index in [-0.39, 0.29) is 42.9 Å². The first-order valence-corrected chi connectivity index (χ1v) is 12.4. The molecule has 0 aromatic heterocycles. The zero-order valence-electron chi connectivity index (χ0n) is 22.2. The molecule has 6 nitrogen and oxygen atoms in total. The van der Waals surface area contributed by atoms with Crippen LogP contribution in [0.5, 0.6) is 11.5 Å². The lowest BCUT2D eigenvalue weighted by molar-refractivity contribution is -0.124. The van der Waals surface area contributed by atoms with Crippen molar-refractivity contribution in [3.63, 3.8) is 0 Å². The smallest absolute Gasteiger partial charge is 0.258 e. The summed E-state index contributed by atoms with van der Waals surface area (Å²) in [4.78, 5) is 14.6. The Kier molecular flexibility index (Phi) is 20.6. The van der Waals surface area contributed by atoms with E-state index in [1.807, 2.05) is 45.9 Å². The Balaban J connectivity index is 0. The molecule has 1 amide bonds. The van der Waals surface area contributed by atoms with Gasteiger partial charge in [-0.3, -0.25) is 4.79 Å². The van der Waals surface area contributed by atoms with Crippen LogP contribution in [0.15, 0.2) is 18.2 Å². The minimum Gasteiger partial charge on any atom is -0.490 e. The van der Waals surface area contributed by atoms with Crippen molar-refractivity contribution < 1.29 is 14.3 Å². The molecule has 0 unspecified atom stereocenters. The zero-order chi connectivity index (χ0) is 23.8. The van der Waals surface area contributed by atoms with Crippen molar-refractivity contribution in [2.75, 3.05) is 39.4 Å². The van der Waals surface area contributed by atoms with Crippen LogP contribution in [-0.2, 0) is 11.3 Å². The van der Waals surface area contributed by atoms with Crippen LogP contribution in [0, 0.1) is 0 Å². The summed E-state index contributed by atoms with van der Waals surface area (Å²) in [6, 6.07) is 5.92. The maximum absolute atomic E-state index is 12.0. The molecule has 34 heavy (non-hydrogen) atoms. The molecule has 0 fully saturated rings. The molecule has 8 heteroatoms. The Hall–Kier alpha value is -1.21. The highest BCUT2D eigenvalue weighted by molar-refractivity contribution is 5.85. The number of ether oxygens (including phenoxy) is 2. The summed E-state index contributed by atoms with van der Waals surface area (Å²) in [6.07, 6.45) is 6.22. The summed E-state index contributed by atoms with van der Waals surface area (Å²) >= 11 is 0. The lowest BCUT2D eigenvalue weighted by atomic mass is 10.1. The molecule has 200 valence electrons. The van der Waals surface area contributed by atoms with Crippen LogP contribution in [0.25, 0.3) is 0 Å². The largest absolute Gasteiger partial charge is 0.490 e. The fourth-order valence-electron chi connectivity index (χ4n) is 3.41.